The van der Waals surface area contributed by atoms with E-state index in [9.17, 15) is 4.79 Å². The average Bonchev–Trinajstić information content (AvgIpc) is 3.30. The van der Waals surface area contributed by atoms with Crippen LogP contribution in [-0.2, 0) is 13.0 Å². The molecule has 31 heavy (non-hydrogen) atoms. The molecule has 3 aromatic heterocycles. The van der Waals surface area contributed by atoms with Gasteiger partial charge < -0.3 is 4.98 Å². The summed E-state index contributed by atoms with van der Waals surface area (Å²) in [6.07, 6.45) is 4.37. The maximum absolute atomic E-state index is 13.2. The maximum atomic E-state index is 13.2. The molecule has 7 heteroatoms. The second-order valence-corrected chi connectivity index (χ2v) is 8.09. The first kappa shape index (κ1) is 19.6. The van der Waals surface area contributed by atoms with E-state index in [0.717, 1.165) is 52.1 Å². The van der Waals surface area contributed by atoms with Crippen LogP contribution in [0.2, 0.25) is 5.02 Å². The zero-order valence-electron chi connectivity index (χ0n) is 17.2. The summed E-state index contributed by atoms with van der Waals surface area (Å²) in [4.78, 5) is 25.6. The first-order valence-corrected chi connectivity index (χ1v) is 10.8. The summed E-state index contributed by atoms with van der Waals surface area (Å²) < 4.78 is 3.51. The predicted molar refractivity (Wildman–Crippen MR) is 124 cm³/mol. The topological polar surface area (TPSA) is 68.5 Å². The Morgan fingerprint density at radius 3 is 2.74 bits per heavy atom. The van der Waals surface area contributed by atoms with Gasteiger partial charge in [0, 0.05) is 24.2 Å². The lowest BCUT2D eigenvalue weighted by atomic mass is 10.1. The van der Waals surface area contributed by atoms with Crippen LogP contribution in [0.5, 0.6) is 0 Å². The third-order valence-corrected chi connectivity index (χ3v) is 5.71. The molecule has 0 saturated heterocycles. The summed E-state index contributed by atoms with van der Waals surface area (Å²) in [6, 6.07) is 17.5. The number of halogens is 1. The summed E-state index contributed by atoms with van der Waals surface area (Å²) in [5, 5.41) is 0.685. The van der Waals surface area contributed by atoms with Gasteiger partial charge >= 0.3 is 5.69 Å². The number of hydrogen-bond donors (Lipinski definition) is 1. The number of unbranched alkanes of at least 4 members (excludes halogenated alkanes) is 1. The van der Waals surface area contributed by atoms with Crippen molar-refractivity contribution in [2.75, 3.05) is 0 Å². The fourth-order valence-corrected chi connectivity index (χ4v) is 4.10. The van der Waals surface area contributed by atoms with Gasteiger partial charge in [-0.1, -0.05) is 37.1 Å². The zero-order chi connectivity index (χ0) is 21.4. The number of benzene rings is 2. The highest BCUT2D eigenvalue weighted by molar-refractivity contribution is 6.31. The minimum absolute atomic E-state index is 0.0518. The molecule has 156 valence electrons. The number of imidazole rings is 2. The quantitative estimate of drug-likeness (QED) is 0.406. The maximum Gasteiger partial charge on any atom is 0.334 e. The predicted octanol–water partition coefficient (Wildman–Crippen LogP) is 5.11. The van der Waals surface area contributed by atoms with Crippen LogP contribution < -0.4 is 5.69 Å². The first-order valence-electron chi connectivity index (χ1n) is 10.4. The molecule has 5 rings (SSSR count). The number of hydrogen-bond acceptors (Lipinski definition) is 3. The van der Waals surface area contributed by atoms with Crippen LogP contribution in [0.25, 0.3) is 27.9 Å². The minimum atomic E-state index is -0.0518. The molecule has 0 bridgehead atoms. The number of pyridine rings is 1. The summed E-state index contributed by atoms with van der Waals surface area (Å²) in [7, 11) is 0. The standard InChI is InChI=1S/C24H22ClN5O/c1-2-3-13-29-23-21(5-4-12-26-23)30(24(29)31)18-9-6-16(7-10-18)14-22-27-19-11-8-17(25)15-20(19)28-22/h4-12,15H,2-3,13-14H2,1H3,(H,27,28). The van der Waals surface area contributed by atoms with Crippen molar-refractivity contribution >= 4 is 33.8 Å². The number of H-pyrrole nitrogens is 1. The van der Waals surface area contributed by atoms with Gasteiger partial charge in [-0.15, -0.1) is 0 Å². The number of nitrogens with one attached hydrogen (secondary N) is 1. The molecule has 0 radical (unpaired) electrons. The van der Waals surface area contributed by atoms with Gasteiger partial charge in [-0.2, -0.15) is 0 Å². The molecular weight excluding hydrogens is 410 g/mol. The zero-order valence-corrected chi connectivity index (χ0v) is 17.9. The van der Waals surface area contributed by atoms with Crippen LogP contribution >= 0.6 is 11.6 Å². The van der Waals surface area contributed by atoms with E-state index >= 15 is 0 Å². The summed E-state index contributed by atoms with van der Waals surface area (Å²) in [5.74, 6) is 0.877. The molecule has 2 aromatic carbocycles. The monoisotopic (exact) mass is 431 g/mol. The highest BCUT2D eigenvalue weighted by Gasteiger charge is 2.15. The van der Waals surface area contributed by atoms with E-state index in [-0.39, 0.29) is 5.69 Å². The number of aryl methyl sites for hydroxylation is 1. The Hall–Kier alpha value is -3.38. The second-order valence-electron chi connectivity index (χ2n) is 7.66. The van der Waals surface area contributed by atoms with Crippen molar-refractivity contribution in [1.29, 1.82) is 0 Å². The normalized spacial score (nSPS) is 11.5. The molecule has 3 heterocycles. The van der Waals surface area contributed by atoms with E-state index in [1.165, 1.54) is 0 Å². The minimum Gasteiger partial charge on any atom is -0.342 e. The van der Waals surface area contributed by atoms with Gasteiger partial charge in [-0.05, 0) is 54.4 Å². The van der Waals surface area contributed by atoms with Gasteiger partial charge in [0.1, 0.15) is 5.82 Å². The number of rotatable bonds is 6. The van der Waals surface area contributed by atoms with Gasteiger partial charge in [-0.3, -0.25) is 9.13 Å². The molecule has 0 spiro atoms. The molecule has 0 aliphatic carbocycles. The smallest absolute Gasteiger partial charge is 0.334 e. The Balaban J connectivity index is 1.48. The molecule has 0 aliphatic heterocycles. The molecule has 0 saturated carbocycles. The molecule has 5 aromatic rings. The van der Waals surface area contributed by atoms with Crippen molar-refractivity contribution in [2.24, 2.45) is 0 Å². The summed E-state index contributed by atoms with van der Waals surface area (Å²) in [5.41, 5.74) is 5.27. The lowest BCUT2D eigenvalue weighted by molar-refractivity contribution is 0.618. The fourth-order valence-electron chi connectivity index (χ4n) is 3.93. The SMILES string of the molecule is CCCCn1c(=O)n(-c2ccc(Cc3nc4ccc(Cl)cc4[nH]3)cc2)c2cccnc21. The van der Waals surface area contributed by atoms with Crippen LogP contribution in [0.4, 0.5) is 0 Å². The van der Waals surface area contributed by atoms with Crippen LogP contribution in [0.15, 0.2) is 65.6 Å². The van der Waals surface area contributed by atoms with E-state index in [2.05, 4.69) is 21.9 Å². The van der Waals surface area contributed by atoms with Crippen molar-refractivity contribution in [2.45, 2.75) is 32.7 Å². The van der Waals surface area contributed by atoms with Crippen molar-refractivity contribution in [3.63, 3.8) is 0 Å². The molecular formula is C24H22ClN5O. The van der Waals surface area contributed by atoms with Crippen molar-refractivity contribution in [3.8, 4) is 5.69 Å². The van der Waals surface area contributed by atoms with Crippen molar-refractivity contribution in [1.82, 2.24) is 24.1 Å². The van der Waals surface area contributed by atoms with E-state index in [1.54, 1.807) is 15.3 Å². The average molecular weight is 432 g/mol. The lowest BCUT2D eigenvalue weighted by Gasteiger charge is -2.05. The largest absolute Gasteiger partial charge is 0.342 e. The molecule has 6 nitrogen and oxygen atoms in total. The van der Waals surface area contributed by atoms with Gasteiger partial charge in [-0.25, -0.2) is 14.8 Å². The van der Waals surface area contributed by atoms with Crippen molar-refractivity contribution in [3.05, 3.63) is 87.7 Å². The van der Waals surface area contributed by atoms with Crippen LogP contribution in [0.3, 0.4) is 0 Å². The third-order valence-electron chi connectivity index (χ3n) is 5.48. The van der Waals surface area contributed by atoms with Gasteiger partial charge in [0.25, 0.3) is 0 Å². The molecule has 1 N–H and O–H groups in total. The fraction of sp³-hybridized carbons (Fsp3) is 0.208. The number of nitrogens with zero attached hydrogens (tertiary/aromatic N) is 4. The van der Waals surface area contributed by atoms with Crippen LogP contribution in [0.1, 0.15) is 31.2 Å². The van der Waals surface area contributed by atoms with Gasteiger partial charge in [0.05, 0.1) is 22.2 Å². The Morgan fingerprint density at radius 2 is 1.94 bits per heavy atom. The second kappa shape index (κ2) is 8.04. The summed E-state index contributed by atoms with van der Waals surface area (Å²) >= 11 is 6.07. The van der Waals surface area contributed by atoms with E-state index in [4.69, 9.17) is 11.6 Å². The highest BCUT2D eigenvalue weighted by Crippen LogP contribution is 2.20. The van der Waals surface area contributed by atoms with Crippen LogP contribution in [0, 0.1) is 0 Å². The summed E-state index contributed by atoms with van der Waals surface area (Å²) in [6.45, 7) is 2.79. The van der Waals surface area contributed by atoms with Gasteiger partial charge in [0.2, 0.25) is 0 Å². The Bertz CT molecular complexity index is 1430. The van der Waals surface area contributed by atoms with Crippen LogP contribution in [-0.4, -0.2) is 24.1 Å². The number of aromatic amines is 1. The Labute approximate surface area is 184 Å². The Kier molecular flexibility index (Phi) is 5.08. The lowest BCUT2D eigenvalue weighted by Crippen LogP contribution is -2.23. The highest BCUT2D eigenvalue weighted by atomic mass is 35.5. The first-order chi connectivity index (χ1) is 15.1. The van der Waals surface area contributed by atoms with Gasteiger partial charge in [0.15, 0.2) is 5.65 Å². The Morgan fingerprint density at radius 1 is 1.10 bits per heavy atom. The van der Waals surface area contributed by atoms with Crippen molar-refractivity contribution < 1.29 is 0 Å². The number of aromatic nitrogens is 5. The molecule has 0 fully saturated rings. The third kappa shape index (κ3) is 3.64. The van der Waals surface area contributed by atoms with E-state index in [0.29, 0.717) is 18.0 Å². The molecule has 0 unspecified atom stereocenters. The van der Waals surface area contributed by atoms with E-state index < -0.39 is 0 Å². The number of fused-ring (bicyclic) bond motifs is 2. The molecule has 0 aliphatic rings. The molecule has 0 atom stereocenters. The van der Waals surface area contributed by atoms with E-state index in [1.807, 2.05) is 54.6 Å². The molecule has 0 amide bonds.